The van der Waals surface area contributed by atoms with Crippen molar-refractivity contribution in [2.75, 3.05) is 11.5 Å². The zero-order valence-corrected chi connectivity index (χ0v) is 18.1. The molecule has 1 saturated carbocycles. The van der Waals surface area contributed by atoms with Gasteiger partial charge in [-0.1, -0.05) is 55.0 Å². The predicted octanol–water partition coefficient (Wildman–Crippen LogP) is 4.88. The first-order valence-corrected chi connectivity index (χ1v) is 11.3. The third-order valence-electron chi connectivity index (χ3n) is 6.66. The van der Waals surface area contributed by atoms with Gasteiger partial charge in [-0.2, -0.15) is 0 Å². The van der Waals surface area contributed by atoms with Crippen LogP contribution in [0.2, 0.25) is 0 Å². The summed E-state index contributed by atoms with van der Waals surface area (Å²) in [5.41, 5.74) is 4.60. The second kappa shape index (κ2) is 9.02. The summed E-state index contributed by atoms with van der Waals surface area (Å²) in [4.78, 5) is 34.9. The van der Waals surface area contributed by atoms with Crippen LogP contribution in [0.25, 0.3) is 11.1 Å². The van der Waals surface area contributed by atoms with Crippen molar-refractivity contribution < 1.29 is 19.4 Å². The lowest BCUT2D eigenvalue weighted by atomic mass is 9.85. The summed E-state index contributed by atoms with van der Waals surface area (Å²) >= 11 is 0. The highest BCUT2D eigenvalue weighted by atomic mass is 16.6. The van der Waals surface area contributed by atoms with E-state index < -0.39 is 18.0 Å². The number of aliphatic carboxylic acids is 1. The van der Waals surface area contributed by atoms with E-state index in [9.17, 15) is 14.7 Å². The normalized spacial score (nSPS) is 19.4. The Bertz CT molecular complexity index is 1120. The molecule has 0 saturated heterocycles. The number of carboxylic acid groups (broad SMARTS) is 1. The standard InChI is InChI=1S/C26H25N3O4/c30-24(31)17-7-5-8-18(15-17)29(25-27-13-6-14-28-25)26(32)33-16-23-21-11-3-1-9-19(21)20-10-2-4-12-22(20)23/h1-4,6,9-14,17-18,23H,5,7-8,15-16H2,(H,30,31)/t17-,18+/m0/s1. The largest absolute Gasteiger partial charge is 0.481 e. The second-order valence-electron chi connectivity index (χ2n) is 8.58. The lowest BCUT2D eigenvalue weighted by molar-refractivity contribution is -0.142. The number of benzene rings is 2. The Morgan fingerprint density at radius 3 is 2.21 bits per heavy atom. The number of carbonyl (C=O) groups excluding carboxylic acids is 1. The van der Waals surface area contributed by atoms with Crippen LogP contribution in [0.1, 0.15) is 42.7 Å². The van der Waals surface area contributed by atoms with E-state index >= 15 is 0 Å². The summed E-state index contributed by atoms with van der Waals surface area (Å²) in [5, 5.41) is 9.51. The van der Waals surface area contributed by atoms with E-state index in [0.717, 1.165) is 28.7 Å². The molecule has 0 spiro atoms. The topological polar surface area (TPSA) is 92.6 Å². The van der Waals surface area contributed by atoms with Crippen molar-refractivity contribution in [3.63, 3.8) is 0 Å². The Morgan fingerprint density at radius 1 is 0.939 bits per heavy atom. The lowest BCUT2D eigenvalue weighted by Crippen LogP contribution is -2.45. The van der Waals surface area contributed by atoms with Gasteiger partial charge in [0.05, 0.1) is 5.92 Å². The molecule has 0 radical (unpaired) electrons. The third-order valence-corrected chi connectivity index (χ3v) is 6.66. The van der Waals surface area contributed by atoms with Crippen molar-refractivity contribution in [3.05, 3.63) is 78.1 Å². The molecule has 1 N–H and O–H groups in total. The maximum atomic E-state index is 13.4. The fraction of sp³-hybridized carbons (Fsp3) is 0.308. The molecule has 2 aliphatic rings. The van der Waals surface area contributed by atoms with Crippen LogP contribution in [-0.4, -0.2) is 39.8 Å². The van der Waals surface area contributed by atoms with E-state index in [1.165, 1.54) is 4.90 Å². The van der Waals surface area contributed by atoms with Crippen LogP contribution in [0.4, 0.5) is 10.7 Å². The van der Waals surface area contributed by atoms with Crippen LogP contribution < -0.4 is 4.90 Å². The number of fused-ring (bicyclic) bond motifs is 3. The van der Waals surface area contributed by atoms with Gasteiger partial charge >= 0.3 is 12.1 Å². The smallest absolute Gasteiger partial charge is 0.416 e. The molecule has 0 aliphatic heterocycles. The minimum atomic E-state index is -0.832. The summed E-state index contributed by atoms with van der Waals surface area (Å²) in [6, 6.07) is 17.7. The number of hydrogen-bond donors (Lipinski definition) is 1. The average molecular weight is 444 g/mol. The first kappa shape index (κ1) is 21.1. The molecule has 2 atom stereocenters. The summed E-state index contributed by atoms with van der Waals surface area (Å²) in [6.45, 7) is 0.186. The highest BCUT2D eigenvalue weighted by Crippen LogP contribution is 2.44. The lowest BCUT2D eigenvalue weighted by Gasteiger charge is -2.34. The molecule has 5 rings (SSSR count). The van der Waals surface area contributed by atoms with Crippen molar-refractivity contribution in [1.82, 2.24) is 9.97 Å². The summed E-state index contributed by atoms with van der Waals surface area (Å²) in [6.07, 6.45) is 4.98. The van der Waals surface area contributed by atoms with Gasteiger partial charge in [-0.05, 0) is 47.6 Å². The number of amides is 1. The number of aromatic nitrogens is 2. The fourth-order valence-electron chi connectivity index (χ4n) is 5.10. The molecule has 168 valence electrons. The van der Waals surface area contributed by atoms with Crippen molar-refractivity contribution in [1.29, 1.82) is 0 Å². The number of carboxylic acids is 1. The number of nitrogens with zero attached hydrogens (tertiary/aromatic N) is 3. The first-order valence-electron chi connectivity index (χ1n) is 11.3. The van der Waals surface area contributed by atoms with Gasteiger partial charge in [0.2, 0.25) is 5.95 Å². The Morgan fingerprint density at radius 2 is 1.58 bits per heavy atom. The van der Waals surface area contributed by atoms with Crippen LogP contribution in [0, 0.1) is 5.92 Å². The van der Waals surface area contributed by atoms with E-state index in [1.54, 1.807) is 18.5 Å². The molecular formula is C26H25N3O4. The molecule has 1 fully saturated rings. The summed E-state index contributed by atoms with van der Waals surface area (Å²) in [5.74, 6) is -1.14. The molecule has 1 amide bonds. The Hall–Kier alpha value is -3.74. The van der Waals surface area contributed by atoms with Crippen molar-refractivity contribution in [2.45, 2.75) is 37.6 Å². The van der Waals surface area contributed by atoms with Gasteiger partial charge in [0.25, 0.3) is 0 Å². The molecule has 7 heteroatoms. The van der Waals surface area contributed by atoms with E-state index in [2.05, 4.69) is 34.2 Å². The van der Waals surface area contributed by atoms with Gasteiger partial charge in [0, 0.05) is 24.4 Å². The van der Waals surface area contributed by atoms with Gasteiger partial charge in [-0.25, -0.2) is 19.7 Å². The fourth-order valence-corrected chi connectivity index (χ4v) is 5.10. The molecular weight excluding hydrogens is 418 g/mol. The summed E-state index contributed by atoms with van der Waals surface area (Å²) in [7, 11) is 0. The quantitative estimate of drug-likeness (QED) is 0.604. The van der Waals surface area contributed by atoms with Crippen molar-refractivity contribution >= 4 is 18.0 Å². The third kappa shape index (κ3) is 4.06. The highest BCUT2D eigenvalue weighted by Gasteiger charge is 2.36. The molecule has 33 heavy (non-hydrogen) atoms. The zero-order valence-electron chi connectivity index (χ0n) is 18.1. The highest BCUT2D eigenvalue weighted by molar-refractivity contribution is 5.86. The van der Waals surface area contributed by atoms with E-state index in [-0.39, 0.29) is 24.5 Å². The molecule has 0 unspecified atom stereocenters. The van der Waals surface area contributed by atoms with E-state index in [0.29, 0.717) is 19.3 Å². The Kier molecular flexibility index (Phi) is 5.77. The Balaban J connectivity index is 1.39. The van der Waals surface area contributed by atoms with Crippen LogP contribution in [0.3, 0.4) is 0 Å². The van der Waals surface area contributed by atoms with Gasteiger partial charge in [-0.15, -0.1) is 0 Å². The molecule has 0 bridgehead atoms. The zero-order chi connectivity index (χ0) is 22.8. The molecule has 1 heterocycles. The van der Waals surface area contributed by atoms with Crippen molar-refractivity contribution in [2.24, 2.45) is 5.92 Å². The number of rotatable bonds is 5. The average Bonchev–Trinajstić information content (AvgIpc) is 3.17. The van der Waals surface area contributed by atoms with Crippen LogP contribution in [-0.2, 0) is 9.53 Å². The predicted molar refractivity (Wildman–Crippen MR) is 123 cm³/mol. The number of anilines is 1. The van der Waals surface area contributed by atoms with Gasteiger partial charge in [0.1, 0.15) is 6.61 Å². The molecule has 3 aromatic rings. The van der Waals surface area contributed by atoms with Gasteiger partial charge < -0.3 is 9.84 Å². The minimum absolute atomic E-state index is 0.0574. The number of carbonyl (C=O) groups is 2. The van der Waals surface area contributed by atoms with Gasteiger partial charge in [0.15, 0.2) is 0 Å². The second-order valence-corrected chi connectivity index (χ2v) is 8.58. The Labute approximate surface area is 192 Å². The van der Waals surface area contributed by atoms with Crippen LogP contribution >= 0.6 is 0 Å². The molecule has 2 aliphatic carbocycles. The van der Waals surface area contributed by atoms with Crippen LogP contribution in [0.5, 0.6) is 0 Å². The minimum Gasteiger partial charge on any atom is -0.481 e. The maximum absolute atomic E-state index is 13.4. The number of ether oxygens (including phenoxy) is 1. The molecule has 1 aromatic heterocycles. The molecule has 7 nitrogen and oxygen atoms in total. The maximum Gasteiger partial charge on any atom is 0.416 e. The SMILES string of the molecule is O=C(O)[C@H]1CCC[C@@H](N(C(=O)OCC2c3ccccc3-c3ccccc32)c2ncccn2)C1. The van der Waals surface area contributed by atoms with Crippen LogP contribution in [0.15, 0.2) is 67.0 Å². The van der Waals surface area contributed by atoms with E-state index in [1.807, 2.05) is 24.3 Å². The van der Waals surface area contributed by atoms with Gasteiger partial charge in [-0.3, -0.25) is 4.79 Å². The monoisotopic (exact) mass is 443 g/mol. The number of hydrogen-bond acceptors (Lipinski definition) is 5. The van der Waals surface area contributed by atoms with Crippen molar-refractivity contribution in [3.8, 4) is 11.1 Å². The molecule has 2 aromatic carbocycles. The first-order chi connectivity index (χ1) is 16.1. The summed E-state index contributed by atoms with van der Waals surface area (Å²) < 4.78 is 5.86. The van der Waals surface area contributed by atoms with E-state index in [4.69, 9.17) is 4.74 Å².